The number of nitrogens with zero attached hydrogens (tertiary/aromatic N) is 2. The largest absolute Gasteiger partial charge is 0.478 e. The van der Waals surface area contributed by atoms with Crippen LogP contribution in [-0.2, 0) is 10.8 Å². The van der Waals surface area contributed by atoms with E-state index < -0.39 is 5.97 Å². The van der Waals surface area contributed by atoms with Gasteiger partial charge in [-0.2, -0.15) is 0 Å². The monoisotopic (exact) mass is 325 g/mol. The lowest BCUT2D eigenvalue weighted by Gasteiger charge is -2.42. The molecule has 24 heavy (non-hydrogen) atoms. The zero-order valence-corrected chi connectivity index (χ0v) is 14.6. The van der Waals surface area contributed by atoms with Crippen LogP contribution in [-0.4, -0.2) is 21.0 Å². The number of aromatic carboxylic acids is 1. The molecule has 0 saturated carbocycles. The average Bonchev–Trinajstić information content (AvgIpc) is 2.52. The van der Waals surface area contributed by atoms with Crippen molar-refractivity contribution in [3.8, 4) is 0 Å². The molecule has 1 aromatic carbocycles. The minimum absolute atomic E-state index is 0.0777. The van der Waals surface area contributed by atoms with Gasteiger partial charge in [-0.1, -0.05) is 33.8 Å². The second-order valence-electron chi connectivity index (χ2n) is 7.75. The molecule has 0 aliphatic heterocycles. The number of hydrogen-bond acceptors (Lipinski definition) is 4. The quantitative estimate of drug-likeness (QED) is 0.881. The maximum Gasteiger partial charge on any atom is 0.338 e. The highest BCUT2D eigenvalue weighted by Crippen LogP contribution is 2.46. The molecule has 1 aliphatic carbocycles. The van der Waals surface area contributed by atoms with Crippen molar-refractivity contribution in [2.75, 3.05) is 5.32 Å². The van der Waals surface area contributed by atoms with Gasteiger partial charge < -0.3 is 10.4 Å². The molecule has 0 spiro atoms. The topological polar surface area (TPSA) is 75.1 Å². The molecular formula is C19H23N3O2. The summed E-state index contributed by atoms with van der Waals surface area (Å²) in [5.74, 6) is -0.632. The molecule has 0 atom stereocenters. The van der Waals surface area contributed by atoms with Crippen molar-refractivity contribution in [1.82, 2.24) is 9.97 Å². The summed E-state index contributed by atoms with van der Waals surface area (Å²) in [7, 11) is 0. The van der Waals surface area contributed by atoms with Gasteiger partial charge in [-0.05, 0) is 46.9 Å². The van der Waals surface area contributed by atoms with E-state index in [0.29, 0.717) is 5.95 Å². The summed E-state index contributed by atoms with van der Waals surface area (Å²) < 4.78 is 0. The van der Waals surface area contributed by atoms with Gasteiger partial charge in [0.2, 0.25) is 5.95 Å². The van der Waals surface area contributed by atoms with Crippen LogP contribution in [0.5, 0.6) is 0 Å². The fraction of sp³-hybridized carbons (Fsp3) is 0.421. The summed E-state index contributed by atoms with van der Waals surface area (Å²) in [6.07, 6.45) is 4.95. The number of nitrogens with one attached hydrogen (secondary N) is 1. The summed E-state index contributed by atoms with van der Waals surface area (Å²) in [6, 6.07) is 6.39. The Bertz CT molecular complexity index is 780. The molecule has 126 valence electrons. The number of carboxylic acid groups (broad SMARTS) is 1. The van der Waals surface area contributed by atoms with Crippen LogP contribution in [0.2, 0.25) is 0 Å². The van der Waals surface area contributed by atoms with Crippen LogP contribution >= 0.6 is 0 Å². The van der Waals surface area contributed by atoms with Crippen molar-refractivity contribution in [1.29, 1.82) is 0 Å². The predicted octanol–water partition coefficient (Wildman–Crippen LogP) is 4.27. The maximum atomic E-state index is 10.9. The fourth-order valence-electron chi connectivity index (χ4n) is 3.30. The summed E-state index contributed by atoms with van der Waals surface area (Å²) >= 11 is 0. The van der Waals surface area contributed by atoms with Crippen molar-refractivity contribution in [2.45, 2.75) is 51.4 Å². The molecule has 1 heterocycles. The van der Waals surface area contributed by atoms with Gasteiger partial charge in [-0.15, -0.1) is 0 Å². The molecular weight excluding hydrogens is 302 g/mol. The first-order valence-electron chi connectivity index (χ1n) is 8.16. The van der Waals surface area contributed by atoms with Gasteiger partial charge in [0.1, 0.15) is 0 Å². The molecule has 2 N–H and O–H groups in total. The summed E-state index contributed by atoms with van der Waals surface area (Å²) in [5, 5.41) is 12.1. The maximum absolute atomic E-state index is 10.9. The molecule has 5 nitrogen and oxygen atoms in total. The number of anilines is 2. The highest BCUT2D eigenvalue weighted by atomic mass is 16.4. The van der Waals surface area contributed by atoms with Crippen LogP contribution < -0.4 is 5.32 Å². The van der Waals surface area contributed by atoms with E-state index >= 15 is 0 Å². The number of fused-ring (bicyclic) bond motifs is 1. The molecule has 3 rings (SSSR count). The third-order valence-corrected chi connectivity index (χ3v) is 5.01. The Balaban J connectivity index is 1.92. The Kier molecular flexibility index (Phi) is 3.82. The predicted molar refractivity (Wildman–Crippen MR) is 94.0 cm³/mol. The number of rotatable bonds is 3. The van der Waals surface area contributed by atoms with Crippen molar-refractivity contribution in [2.24, 2.45) is 0 Å². The third kappa shape index (κ3) is 2.98. The van der Waals surface area contributed by atoms with Crippen LogP contribution in [0.3, 0.4) is 0 Å². The van der Waals surface area contributed by atoms with E-state index in [1.807, 2.05) is 6.07 Å². The number of carbonyl (C=O) groups is 1. The lowest BCUT2D eigenvalue weighted by molar-refractivity contribution is 0.0696. The van der Waals surface area contributed by atoms with Crippen LogP contribution in [0.15, 0.2) is 30.6 Å². The molecule has 2 aromatic rings. The van der Waals surface area contributed by atoms with E-state index in [-0.39, 0.29) is 16.4 Å². The first-order valence-corrected chi connectivity index (χ1v) is 8.16. The molecule has 0 amide bonds. The van der Waals surface area contributed by atoms with E-state index in [1.54, 1.807) is 0 Å². The van der Waals surface area contributed by atoms with Crippen LogP contribution in [0, 0.1) is 0 Å². The summed E-state index contributed by atoms with van der Waals surface area (Å²) in [5.41, 5.74) is 4.06. The van der Waals surface area contributed by atoms with Crippen molar-refractivity contribution >= 4 is 17.6 Å². The average molecular weight is 325 g/mol. The second-order valence-corrected chi connectivity index (χ2v) is 7.75. The van der Waals surface area contributed by atoms with Gasteiger partial charge >= 0.3 is 5.97 Å². The number of aromatic nitrogens is 2. The Morgan fingerprint density at radius 3 is 2.21 bits per heavy atom. The smallest absolute Gasteiger partial charge is 0.338 e. The minimum Gasteiger partial charge on any atom is -0.478 e. The third-order valence-electron chi connectivity index (χ3n) is 5.01. The molecule has 5 heteroatoms. The van der Waals surface area contributed by atoms with Crippen LogP contribution in [0.4, 0.5) is 11.6 Å². The van der Waals surface area contributed by atoms with Gasteiger partial charge in [0.25, 0.3) is 0 Å². The Morgan fingerprint density at radius 2 is 1.62 bits per heavy atom. The van der Waals surface area contributed by atoms with E-state index in [0.717, 1.165) is 12.1 Å². The molecule has 1 aliphatic rings. The van der Waals surface area contributed by atoms with Crippen molar-refractivity contribution < 1.29 is 9.90 Å². The second kappa shape index (κ2) is 5.58. The Labute approximate surface area is 142 Å². The van der Waals surface area contributed by atoms with Crippen molar-refractivity contribution in [3.05, 3.63) is 47.3 Å². The Hall–Kier alpha value is -2.43. The molecule has 0 unspecified atom stereocenters. The van der Waals surface area contributed by atoms with Crippen LogP contribution in [0.25, 0.3) is 0 Å². The SMILES string of the molecule is CC1(C)CCC(C)(C)c2cc(Nc3ncc(C(=O)O)cn3)ccc21. The normalized spacial score (nSPS) is 17.8. The van der Waals surface area contributed by atoms with E-state index in [9.17, 15) is 4.79 Å². The standard InChI is InChI=1S/C19H23N3O2/c1-18(2)7-8-19(3,4)15-9-13(5-6-14(15)18)22-17-20-10-12(11-21-17)16(23)24/h5-6,9-11H,7-8H2,1-4H3,(H,23,24)(H,20,21,22). The van der Waals surface area contributed by atoms with Gasteiger partial charge in [0.15, 0.2) is 0 Å². The fourth-order valence-corrected chi connectivity index (χ4v) is 3.30. The van der Waals surface area contributed by atoms with Gasteiger partial charge in [0, 0.05) is 18.1 Å². The van der Waals surface area contributed by atoms with Crippen LogP contribution in [0.1, 0.15) is 62.0 Å². The summed E-state index contributed by atoms with van der Waals surface area (Å²) in [6.45, 7) is 9.15. The molecule has 0 fully saturated rings. The number of hydrogen-bond donors (Lipinski definition) is 2. The molecule has 0 radical (unpaired) electrons. The highest BCUT2D eigenvalue weighted by Gasteiger charge is 2.36. The first-order chi connectivity index (χ1) is 11.2. The first kappa shape index (κ1) is 16.4. The molecule has 0 saturated heterocycles. The lowest BCUT2D eigenvalue weighted by Crippen LogP contribution is -2.33. The van der Waals surface area contributed by atoms with E-state index in [4.69, 9.17) is 5.11 Å². The van der Waals surface area contributed by atoms with E-state index in [1.165, 1.54) is 29.9 Å². The van der Waals surface area contributed by atoms with E-state index in [2.05, 4.69) is 55.1 Å². The Morgan fingerprint density at radius 1 is 1.04 bits per heavy atom. The minimum atomic E-state index is -1.03. The van der Waals surface area contributed by atoms with Gasteiger partial charge in [0.05, 0.1) is 5.56 Å². The highest BCUT2D eigenvalue weighted by molar-refractivity contribution is 5.86. The van der Waals surface area contributed by atoms with Crippen molar-refractivity contribution in [3.63, 3.8) is 0 Å². The molecule has 0 bridgehead atoms. The van der Waals surface area contributed by atoms with Gasteiger partial charge in [-0.3, -0.25) is 0 Å². The molecule has 1 aromatic heterocycles. The lowest BCUT2D eigenvalue weighted by atomic mass is 9.63. The van der Waals surface area contributed by atoms with Gasteiger partial charge in [-0.25, -0.2) is 14.8 Å². The zero-order chi connectivity index (χ0) is 17.5. The number of benzene rings is 1. The summed E-state index contributed by atoms with van der Waals surface area (Å²) in [4.78, 5) is 19.0. The number of carboxylic acids is 1. The zero-order valence-electron chi connectivity index (χ0n) is 14.6.